The summed E-state index contributed by atoms with van der Waals surface area (Å²) in [6.07, 6.45) is 7.90. The topological polar surface area (TPSA) is 77.9 Å². The van der Waals surface area contributed by atoms with Gasteiger partial charge in [0.2, 0.25) is 5.91 Å². The number of amides is 2. The van der Waals surface area contributed by atoms with E-state index in [1.54, 1.807) is 24.3 Å². The first-order valence-electron chi connectivity index (χ1n) is 13.6. The molecule has 2 aromatic heterocycles. The molecule has 4 heterocycles. The van der Waals surface area contributed by atoms with E-state index in [0.717, 1.165) is 44.5 Å². The average Bonchev–Trinajstić information content (AvgIpc) is 3.41. The maximum absolute atomic E-state index is 13.5. The van der Waals surface area contributed by atoms with E-state index in [0.29, 0.717) is 42.6 Å². The Morgan fingerprint density at radius 2 is 2.05 bits per heavy atom. The van der Waals surface area contributed by atoms with Gasteiger partial charge in [0, 0.05) is 50.2 Å². The van der Waals surface area contributed by atoms with Crippen LogP contribution in [0.5, 0.6) is 0 Å². The molecule has 0 radical (unpaired) electrons. The van der Waals surface area contributed by atoms with Crippen LogP contribution in [0.1, 0.15) is 67.4 Å². The normalized spacial score (nSPS) is 19.0. The SMILES string of the molecule is Cc1cc(Cl)nc(Cl)c1C(=O)NCC[C@@H](C)N1CCC(N(Cc2ccsc2)C(=O)CC2=NC=CCC2C)CC1. The maximum atomic E-state index is 13.5. The molecule has 10 heteroatoms. The molecule has 7 nitrogen and oxygen atoms in total. The van der Waals surface area contributed by atoms with E-state index in [9.17, 15) is 9.59 Å². The van der Waals surface area contributed by atoms with E-state index < -0.39 is 0 Å². The molecule has 2 amide bonds. The van der Waals surface area contributed by atoms with Crippen LogP contribution >= 0.6 is 34.5 Å². The molecule has 4 rings (SSSR count). The van der Waals surface area contributed by atoms with Crippen molar-refractivity contribution in [2.24, 2.45) is 10.9 Å². The summed E-state index contributed by atoms with van der Waals surface area (Å²) in [7, 11) is 0. The molecule has 1 unspecified atom stereocenters. The molecule has 2 aromatic rings. The monoisotopic (exact) mass is 589 g/mol. The Hall–Kier alpha value is -2.26. The second-order valence-corrected chi connectivity index (χ2v) is 12.1. The fourth-order valence-corrected chi connectivity index (χ4v) is 6.60. The summed E-state index contributed by atoms with van der Waals surface area (Å²) >= 11 is 13.8. The van der Waals surface area contributed by atoms with Crippen LogP contribution in [0.4, 0.5) is 0 Å². The van der Waals surface area contributed by atoms with Gasteiger partial charge in [0.15, 0.2) is 0 Å². The Kier molecular flexibility index (Phi) is 10.6. The van der Waals surface area contributed by atoms with Crippen molar-refractivity contribution in [3.05, 3.63) is 62.2 Å². The van der Waals surface area contributed by atoms with Crippen LogP contribution in [0.3, 0.4) is 0 Å². The minimum absolute atomic E-state index is 0.121. The van der Waals surface area contributed by atoms with Crippen molar-refractivity contribution in [1.82, 2.24) is 20.1 Å². The number of carbonyl (C=O) groups excluding carboxylic acids is 2. The molecule has 210 valence electrons. The molecule has 2 atom stereocenters. The third-order valence-electron chi connectivity index (χ3n) is 7.77. The fraction of sp³-hybridized carbons (Fsp3) is 0.517. The van der Waals surface area contributed by atoms with Crippen LogP contribution in [0.15, 0.2) is 40.2 Å². The number of thiophene rings is 1. The van der Waals surface area contributed by atoms with E-state index in [1.807, 2.05) is 6.20 Å². The van der Waals surface area contributed by atoms with Gasteiger partial charge in [0.25, 0.3) is 5.91 Å². The molecule has 1 saturated heterocycles. The van der Waals surface area contributed by atoms with Gasteiger partial charge >= 0.3 is 0 Å². The van der Waals surface area contributed by atoms with Gasteiger partial charge in [0.1, 0.15) is 10.3 Å². The van der Waals surface area contributed by atoms with Crippen LogP contribution in [-0.2, 0) is 11.3 Å². The molecule has 2 aliphatic heterocycles. The number of allylic oxidation sites excluding steroid dienone is 1. The summed E-state index contributed by atoms with van der Waals surface area (Å²) < 4.78 is 0. The van der Waals surface area contributed by atoms with Crippen molar-refractivity contribution >= 4 is 52.1 Å². The number of likely N-dealkylation sites (tertiary alicyclic amines) is 1. The minimum Gasteiger partial charge on any atom is -0.352 e. The minimum atomic E-state index is -0.234. The summed E-state index contributed by atoms with van der Waals surface area (Å²) in [5.41, 5.74) is 3.24. The number of rotatable bonds is 10. The number of carbonyl (C=O) groups is 2. The van der Waals surface area contributed by atoms with E-state index >= 15 is 0 Å². The first kappa shape index (κ1) is 29.7. The summed E-state index contributed by atoms with van der Waals surface area (Å²) in [6.45, 7) is 9.15. The number of nitrogens with zero attached hydrogens (tertiary/aromatic N) is 4. The summed E-state index contributed by atoms with van der Waals surface area (Å²) in [5, 5.41) is 7.57. The van der Waals surface area contributed by atoms with Crippen molar-refractivity contribution in [3.63, 3.8) is 0 Å². The lowest BCUT2D eigenvalue weighted by Crippen LogP contribution is -2.49. The molecular formula is C29H37Cl2N5O2S. The quantitative estimate of drug-likeness (QED) is 0.337. The summed E-state index contributed by atoms with van der Waals surface area (Å²) in [4.78, 5) is 39.3. The van der Waals surface area contributed by atoms with Crippen molar-refractivity contribution in [1.29, 1.82) is 0 Å². The van der Waals surface area contributed by atoms with E-state index in [1.165, 1.54) is 5.56 Å². The number of aliphatic imine (C=N–C) groups is 1. The van der Waals surface area contributed by atoms with Crippen molar-refractivity contribution in [3.8, 4) is 0 Å². The van der Waals surface area contributed by atoms with Gasteiger partial charge in [-0.1, -0.05) is 36.2 Å². The number of hydrogen-bond acceptors (Lipinski definition) is 6. The first-order chi connectivity index (χ1) is 18.7. The zero-order valence-electron chi connectivity index (χ0n) is 22.8. The van der Waals surface area contributed by atoms with E-state index in [2.05, 4.69) is 61.8 Å². The number of piperidine rings is 1. The molecule has 0 aromatic carbocycles. The third kappa shape index (κ3) is 7.91. The molecule has 1 N–H and O–H groups in total. The standard InChI is InChI=1S/C29H37Cl2N5O2S/c1-19-5-4-10-32-24(19)16-26(37)36(17-22-9-14-39-18-22)23-7-12-35(13-8-23)21(3)6-11-33-29(38)27-20(2)15-25(30)34-28(27)31/h4,9-10,14-15,18-19,21,23H,5-8,11-13,16-17H2,1-3H3,(H,33,38)/t19?,21-/m1/s1. The predicted molar refractivity (Wildman–Crippen MR) is 160 cm³/mol. The average molecular weight is 591 g/mol. The van der Waals surface area contributed by atoms with E-state index in [4.69, 9.17) is 23.2 Å². The molecule has 0 spiro atoms. The third-order valence-corrected chi connectivity index (χ3v) is 8.97. The molecular weight excluding hydrogens is 553 g/mol. The molecule has 0 bridgehead atoms. The van der Waals surface area contributed by atoms with Crippen LogP contribution in [0, 0.1) is 12.8 Å². The van der Waals surface area contributed by atoms with Gasteiger partial charge in [-0.25, -0.2) is 4.98 Å². The van der Waals surface area contributed by atoms with Crippen LogP contribution in [0.2, 0.25) is 10.3 Å². The smallest absolute Gasteiger partial charge is 0.254 e. The number of pyridine rings is 1. The molecule has 0 aliphatic carbocycles. The van der Waals surface area contributed by atoms with Crippen molar-refractivity contribution < 1.29 is 9.59 Å². The van der Waals surface area contributed by atoms with Gasteiger partial charge in [-0.3, -0.25) is 14.6 Å². The fourth-order valence-electron chi connectivity index (χ4n) is 5.33. The predicted octanol–water partition coefficient (Wildman–Crippen LogP) is 6.14. The molecule has 0 saturated carbocycles. The van der Waals surface area contributed by atoms with Gasteiger partial charge in [-0.2, -0.15) is 11.3 Å². The van der Waals surface area contributed by atoms with E-state index in [-0.39, 0.29) is 28.2 Å². The van der Waals surface area contributed by atoms with Gasteiger partial charge < -0.3 is 15.1 Å². The van der Waals surface area contributed by atoms with Crippen molar-refractivity contribution in [2.45, 2.75) is 71.5 Å². The van der Waals surface area contributed by atoms with Gasteiger partial charge in [-0.15, -0.1) is 0 Å². The number of halogens is 2. The Labute approximate surface area is 245 Å². The number of aryl methyl sites for hydroxylation is 1. The highest BCUT2D eigenvalue weighted by atomic mass is 35.5. The molecule has 1 fully saturated rings. The van der Waals surface area contributed by atoms with Crippen LogP contribution in [0.25, 0.3) is 0 Å². The van der Waals surface area contributed by atoms with Crippen LogP contribution in [-0.4, -0.2) is 64.0 Å². The first-order valence-corrected chi connectivity index (χ1v) is 15.3. The Morgan fingerprint density at radius 3 is 2.72 bits per heavy atom. The highest BCUT2D eigenvalue weighted by Gasteiger charge is 2.31. The Balaban J connectivity index is 1.30. The lowest BCUT2D eigenvalue weighted by molar-refractivity contribution is -0.134. The van der Waals surface area contributed by atoms with Gasteiger partial charge in [-0.05, 0) is 79.5 Å². The lowest BCUT2D eigenvalue weighted by atomic mass is 9.95. The summed E-state index contributed by atoms with van der Waals surface area (Å²) in [5.74, 6) is 0.241. The lowest BCUT2D eigenvalue weighted by Gasteiger charge is -2.41. The largest absolute Gasteiger partial charge is 0.352 e. The highest BCUT2D eigenvalue weighted by molar-refractivity contribution is 7.07. The molecule has 39 heavy (non-hydrogen) atoms. The number of hydrogen-bond donors (Lipinski definition) is 1. The zero-order valence-corrected chi connectivity index (χ0v) is 25.2. The maximum Gasteiger partial charge on any atom is 0.254 e. The number of aromatic nitrogens is 1. The van der Waals surface area contributed by atoms with Crippen molar-refractivity contribution in [2.75, 3.05) is 19.6 Å². The van der Waals surface area contributed by atoms with Gasteiger partial charge in [0.05, 0.1) is 12.0 Å². The second kappa shape index (κ2) is 13.9. The molecule has 2 aliphatic rings. The Morgan fingerprint density at radius 1 is 1.28 bits per heavy atom. The Bertz CT molecular complexity index is 1190. The zero-order chi connectivity index (χ0) is 27.9. The summed E-state index contributed by atoms with van der Waals surface area (Å²) in [6, 6.07) is 4.26. The highest BCUT2D eigenvalue weighted by Crippen LogP contribution is 2.25. The second-order valence-electron chi connectivity index (χ2n) is 10.6. The van der Waals surface area contributed by atoms with Crippen LogP contribution < -0.4 is 5.32 Å². The number of nitrogens with one attached hydrogen (secondary N) is 1.